The molecular weight excluding hydrogens is 342 g/mol. The highest BCUT2D eigenvalue weighted by molar-refractivity contribution is 6.35. The average Bonchev–Trinajstić information content (AvgIpc) is 2.68. The van der Waals surface area contributed by atoms with E-state index in [4.69, 9.17) is 4.74 Å². The number of methoxy groups -OCH3 is 1. The van der Waals surface area contributed by atoms with Crippen LogP contribution in [0, 0.1) is 0 Å². The molecule has 0 saturated heterocycles. The zero-order valence-corrected chi connectivity index (χ0v) is 16.0. The van der Waals surface area contributed by atoms with Gasteiger partial charge in [0.15, 0.2) is 0 Å². The van der Waals surface area contributed by atoms with Crippen LogP contribution in [0.1, 0.15) is 49.4 Å². The Morgan fingerprint density at radius 1 is 0.926 bits per heavy atom. The van der Waals surface area contributed by atoms with Crippen molar-refractivity contribution >= 4 is 18.0 Å². The van der Waals surface area contributed by atoms with Crippen LogP contribution < -0.4 is 15.5 Å². The van der Waals surface area contributed by atoms with E-state index in [1.807, 2.05) is 36.4 Å². The molecule has 2 aromatic rings. The van der Waals surface area contributed by atoms with Gasteiger partial charge in [-0.1, -0.05) is 50.2 Å². The van der Waals surface area contributed by atoms with Gasteiger partial charge in [-0.2, -0.15) is 5.10 Å². The summed E-state index contributed by atoms with van der Waals surface area (Å²) >= 11 is 0. The van der Waals surface area contributed by atoms with Crippen LogP contribution >= 0.6 is 0 Å². The molecule has 0 radical (unpaired) electrons. The normalized spacial score (nSPS) is 12.0. The van der Waals surface area contributed by atoms with Gasteiger partial charge in [-0.25, -0.2) is 5.43 Å². The van der Waals surface area contributed by atoms with Crippen LogP contribution in [0.5, 0.6) is 5.75 Å². The molecule has 6 nitrogen and oxygen atoms in total. The lowest BCUT2D eigenvalue weighted by molar-refractivity contribution is -0.139. The smallest absolute Gasteiger partial charge is 0.329 e. The van der Waals surface area contributed by atoms with Crippen molar-refractivity contribution in [2.45, 2.75) is 32.7 Å². The van der Waals surface area contributed by atoms with Gasteiger partial charge in [0.05, 0.1) is 19.4 Å². The van der Waals surface area contributed by atoms with Crippen molar-refractivity contribution in [1.29, 1.82) is 0 Å². The maximum Gasteiger partial charge on any atom is 0.329 e. The number of hydrogen-bond donors (Lipinski definition) is 2. The molecule has 2 aromatic carbocycles. The van der Waals surface area contributed by atoms with Gasteiger partial charge in [0.1, 0.15) is 5.75 Å². The number of benzene rings is 2. The molecule has 27 heavy (non-hydrogen) atoms. The lowest BCUT2D eigenvalue weighted by Gasteiger charge is -2.13. The molecule has 0 spiro atoms. The molecule has 2 rings (SSSR count). The first-order valence-corrected chi connectivity index (χ1v) is 8.78. The lowest BCUT2D eigenvalue weighted by Crippen LogP contribution is -2.39. The van der Waals surface area contributed by atoms with Crippen molar-refractivity contribution in [3.63, 3.8) is 0 Å². The Hall–Kier alpha value is -3.15. The molecule has 142 valence electrons. The third kappa shape index (κ3) is 5.95. The van der Waals surface area contributed by atoms with E-state index in [1.54, 1.807) is 26.2 Å². The first-order chi connectivity index (χ1) is 12.9. The quantitative estimate of drug-likeness (QED) is 0.468. The van der Waals surface area contributed by atoms with Crippen LogP contribution in [-0.4, -0.2) is 25.1 Å². The summed E-state index contributed by atoms with van der Waals surface area (Å²) < 4.78 is 5.10. The third-order valence-corrected chi connectivity index (χ3v) is 4.15. The summed E-state index contributed by atoms with van der Waals surface area (Å²) in [7, 11) is 1.59. The predicted octanol–water partition coefficient (Wildman–Crippen LogP) is 3.15. The van der Waals surface area contributed by atoms with E-state index in [9.17, 15) is 9.59 Å². The monoisotopic (exact) mass is 367 g/mol. The number of hydrazone groups is 1. The molecule has 2 N–H and O–H groups in total. The number of carbonyl (C=O) groups is 2. The van der Waals surface area contributed by atoms with E-state index in [2.05, 4.69) is 29.7 Å². The van der Waals surface area contributed by atoms with Gasteiger partial charge in [-0.15, -0.1) is 0 Å². The summed E-state index contributed by atoms with van der Waals surface area (Å²) in [6.45, 7) is 6.04. The number of hydrogen-bond acceptors (Lipinski definition) is 4. The van der Waals surface area contributed by atoms with E-state index < -0.39 is 11.8 Å². The van der Waals surface area contributed by atoms with E-state index in [0.29, 0.717) is 5.92 Å². The minimum Gasteiger partial charge on any atom is -0.497 e. The highest BCUT2D eigenvalue weighted by Crippen LogP contribution is 2.17. The summed E-state index contributed by atoms with van der Waals surface area (Å²) in [6.07, 6.45) is 1.50. The number of nitrogens with zero attached hydrogens (tertiary/aromatic N) is 1. The highest BCUT2D eigenvalue weighted by Gasteiger charge is 2.16. The standard InChI is InChI=1S/C21H25N3O3/c1-14(2)17-7-5-16(6-8-17)13-22-24-21(26)20(25)23-15(3)18-9-11-19(27-4)12-10-18/h5-15H,1-4H3,(H,23,25)(H,24,26)/b22-13-/t15-/m1/s1. The number of ether oxygens (including phenoxy) is 1. The molecule has 0 aliphatic rings. The maximum atomic E-state index is 12.0. The minimum atomic E-state index is -0.814. The van der Waals surface area contributed by atoms with E-state index in [1.165, 1.54) is 11.8 Å². The molecule has 0 heterocycles. The number of nitrogens with one attached hydrogen (secondary N) is 2. The fourth-order valence-corrected chi connectivity index (χ4v) is 2.42. The Bertz CT molecular complexity index is 796. The van der Waals surface area contributed by atoms with Crippen LogP contribution in [0.4, 0.5) is 0 Å². The van der Waals surface area contributed by atoms with Crippen molar-refractivity contribution < 1.29 is 14.3 Å². The average molecular weight is 367 g/mol. The van der Waals surface area contributed by atoms with Gasteiger partial charge in [-0.05, 0) is 41.7 Å². The summed E-state index contributed by atoms with van der Waals surface area (Å²) in [5, 5.41) is 6.47. The number of rotatable bonds is 6. The minimum absolute atomic E-state index is 0.318. The number of carbonyl (C=O) groups excluding carboxylic acids is 2. The third-order valence-electron chi connectivity index (χ3n) is 4.15. The summed E-state index contributed by atoms with van der Waals surface area (Å²) in [5.41, 5.74) is 5.17. The molecule has 0 fully saturated rings. The molecule has 2 amide bonds. The van der Waals surface area contributed by atoms with Crippen LogP contribution in [0.2, 0.25) is 0 Å². The summed E-state index contributed by atoms with van der Waals surface area (Å²) in [5.74, 6) is -0.381. The predicted molar refractivity (Wildman–Crippen MR) is 106 cm³/mol. The SMILES string of the molecule is COc1ccc([C@@H](C)NC(=O)C(=O)N/N=C\c2ccc(C(C)C)cc2)cc1. The van der Waals surface area contributed by atoms with Crippen molar-refractivity contribution in [1.82, 2.24) is 10.7 Å². The second-order valence-electron chi connectivity index (χ2n) is 6.49. The van der Waals surface area contributed by atoms with Gasteiger partial charge in [0.2, 0.25) is 0 Å². The zero-order valence-electron chi connectivity index (χ0n) is 16.0. The van der Waals surface area contributed by atoms with Crippen LogP contribution in [0.15, 0.2) is 53.6 Å². The molecule has 6 heteroatoms. The second-order valence-corrected chi connectivity index (χ2v) is 6.49. The van der Waals surface area contributed by atoms with Gasteiger partial charge in [0.25, 0.3) is 0 Å². The molecular formula is C21H25N3O3. The first kappa shape index (κ1) is 20.2. The Balaban J connectivity index is 1.86. The van der Waals surface area contributed by atoms with Gasteiger partial charge in [-0.3, -0.25) is 9.59 Å². The molecule has 0 bridgehead atoms. The largest absolute Gasteiger partial charge is 0.497 e. The molecule has 0 unspecified atom stereocenters. The summed E-state index contributed by atoms with van der Waals surface area (Å²) in [4.78, 5) is 23.9. The molecule has 0 aromatic heterocycles. The molecule has 0 aliphatic carbocycles. The van der Waals surface area contributed by atoms with Crippen molar-refractivity contribution in [2.24, 2.45) is 5.10 Å². The molecule has 1 atom stereocenters. The van der Waals surface area contributed by atoms with E-state index in [0.717, 1.165) is 16.9 Å². The van der Waals surface area contributed by atoms with Crippen molar-refractivity contribution in [3.05, 3.63) is 65.2 Å². The first-order valence-electron chi connectivity index (χ1n) is 8.78. The van der Waals surface area contributed by atoms with Gasteiger partial charge < -0.3 is 10.1 Å². The Labute approximate surface area is 159 Å². The maximum absolute atomic E-state index is 12.0. The fourth-order valence-electron chi connectivity index (χ4n) is 2.42. The van der Waals surface area contributed by atoms with E-state index in [-0.39, 0.29) is 6.04 Å². The van der Waals surface area contributed by atoms with Crippen molar-refractivity contribution in [3.8, 4) is 5.75 Å². The van der Waals surface area contributed by atoms with Crippen LogP contribution in [0.25, 0.3) is 0 Å². The Morgan fingerprint density at radius 3 is 2.07 bits per heavy atom. The fraction of sp³-hybridized carbons (Fsp3) is 0.286. The molecule has 0 aliphatic heterocycles. The summed E-state index contributed by atoms with van der Waals surface area (Å²) in [6, 6.07) is 14.8. The lowest BCUT2D eigenvalue weighted by atomic mass is 10.0. The molecule has 0 saturated carbocycles. The number of amides is 2. The van der Waals surface area contributed by atoms with E-state index >= 15 is 0 Å². The van der Waals surface area contributed by atoms with Gasteiger partial charge >= 0.3 is 11.8 Å². The van der Waals surface area contributed by atoms with Gasteiger partial charge in [0, 0.05) is 0 Å². The Kier molecular flexibility index (Phi) is 7.11. The van der Waals surface area contributed by atoms with Crippen molar-refractivity contribution in [2.75, 3.05) is 7.11 Å². The van der Waals surface area contributed by atoms with Crippen LogP contribution in [0.3, 0.4) is 0 Å². The highest BCUT2D eigenvalue weighted by atomic mass is 16.5. The second kappa shape index (κ2) is 9.52. The Morgan fingerprint density at radius 2 is 1.52 bits per heavy atom. The topological polar surface area (TPSA) is 79.8 Å². The van der Waals surface area contributed by atoms with Crippen LogP contribution in [-0.2, 0) is 9.59 Å². The zero-order chi connectivity index (χ0) is 19.8.